The number of ether oxygens (including phenoxy) is 1. The van der Waals surface area contributed by atoms with E-state index in [1.165, 1.54) is 19.2 Å². The SMILES string of the molecule is COc1cc(F)cc(CNC(=O)N2CCCC(C(C)O)C2)c1. The predicted octanol–water partition coefficient (Wildman–Crippen LogP) is 2.14. The molecule has 1 aliphatic heterocycles. The summed E-state index contributed by atoms with van der Waals surface area (Å²) in [6.45, 7) is 3.23. The molecule has 1 saturated heterocycles. The molecule has 2 unspecified atom stereocenters. The molecule has 0 bridgehead atoms. The third kappa shape index (κ3) is 4.34. The summed E-state index contributed by atoms with van der Waals surface area (Å²) >= 11 is 0. The Hall–Kier alpha value is -1.82. The third-order valence-electron chi connectivity index (χ3n) is 4.04. The molecule has 2 atom stereocenters. The summed E-state index contributed by atoms with van der Waals surface area (Å²) in [5, 5.41) is 12.4. The molecule has 2 rings (SSSR count). The fourth-order valence-corrected chi connectivity index (χ4v) is 2.72. The maximum Gasteiger partial charge on any atom is 0.317 e. The zero-order valence-corrected chi connectivity index (χ0v) is 13.0. The van der Waals surface area contributed by atoms with Gasteiger partial charge < -0.3 is 20.1 Å². The van der Waals surface area contributed by atoms with Gasteiger partial charge in [-0.2, -0.15) is 0 Å². The van der Waals surface area contributed by atoms with Gasteiger partial charge in [-0.05, 0) is 37.5 Å². The number of nitrogens with zero attached hydrogens (tertiary/aromatic N) is 1. The van der Waals surface area contributed by atoms with Crippen LogP contribution in [0.15, 0.2) is 18.2 Å². The molecule has 0 spiro atoms. The summed E-state index contributed by atoms with van der Waals surface area (Å²) in [4.78, 5) is 13.9. The number of carbonyl (C=O) groups excluding carboxylic acids is 1. The number of carbonyl (C=O) groups is 1. The molecule has 122 valence electrons. The van der Waals surface area contributed by atoms with Crippen LogP contribution in [0.5, 0.6) is 5.75 Å². The van der Waals surface area contributed by atoms with E-state index in [1.54, 1.807) is 17.9 Å². The van der Waals surface area contributed by atoms with Crippen LogP contribution < -0.4 is 10.1 Å². The van der Waals surface area contributed by atoms with Crippen molar-refractivity contribution in [3.63, 3.8) is 0 Å². The van der Waals surface area contributed by atoms with E-state index in [9.17, 15) is 14.3 Å². The number of likely N-dealkylation sites (tertiary alicyclic amines) is 1. The Kier molecular flexibility index (Phi) is 5.60. The Morgan fingerprint density at radius 2 is 2.32 bits per heavy atom. The number of aliphatic hydroxyl groups is 1. The Bertz CT molecular complexity index is 522. The van der Waals surface area contributed by atoms with E-state index in [2.05, 4.69) is 5.32 Å². The lowest BCUT2D eigenvalue weighted by Gasteiger charge is -2.34. The van der Waals surface area contributed by atoms with Gasteiger partial charge in [0.15, 0.2) is 0 Å². The van der Waals surface area contributed by atoms with Gasteiger partial charge in [-0.25, -0.2) is 9.18 Å². The van der Waals surface area contributed by atoms with Gasteiger partial charge in [0.05, 0.1) is 13.2 Å². The number of hydrogen-bond acceptors (Lipinski definition) is 3. The first-order valence-corrected chi connectivity index (χ1v) is 7.54. The predicted molar refractivity (Wildman–Crippen MR) is 81.2 cm³/mol. The molecule has 1 heterocycles. The molecule has 1 aromatic carbocycles. The topological polar surface area (TPSA) is 61.8 Å². The van der Waals surface area contributed by atoms with E-state index in [0.29, 0.717) is 24.4 Å². The number of urea groups is 1. The molecule has 5 nitrogen and oxygen atoms in total. The minimum atomic E-state index is -0.414. The second-order valence-electron chi connectivity index (χ2n) is 5.75. The first-order valence-electron chi connectivity index (χ1n) is 7.54. The Labute approximate surface area is 130 Å². The zero-order chi connectivity index (χ0) is 16.1. The average Bonchev–Trinajstić information content (AvgIpc) is 2.52. The summed E-state index contributed by atoms with van der Waals surface area (Å²) < 4.78 is 18.4. The maximum atomic E-state index is 13.4. The normalized spacial score (nSPS) is 19.6. The van der Waals surface area contributed by atoms with Crippen molar-refractivity contribution in [2.24, 2.45) is 5.92 Å². The summed E-state index contributed by atoms with van der Waals surface area (Å²) in [6.07, 6.45) is 1.40. The second kappa shape index (κ2) is 7.45. The fourth-order valence-electron chi connectivity index (χ4n) is 2.72. The molecule has 6 heteroatoms. The summed E-state index contributed by atoms with van der Waals surface area (Å²) in [7, 11) is 1.47. The minimum absolute atomic E-state index is 0.119. The van der Waals surface area contributed by atoms with E-state index in [0.717, 1.165) is 12.8 Å². The maximum absolute atomic E-state index is 13.4. The quantitative estimate of drug-likeness (QED) is 0.895. The van der Waals surface area contributed by atoms with Gasteiger partial charge in [0.1, 0.15) is 11.6 Å². The van der Waals surface area contributed by atoms with Crippen LogP contribution in [0.1, 0.15) is 25.3 Å². The summed E-state index contributed by atoms with van der Waals surface area (Å²) in [6, 6.07) is 4.17. The van der Waals surface area contributed by atoms with E-state index < -0.39 is 11.9 Å². The zero-order valence-electron chi connectivity index (χ0n) is 13.0. The minimum Gasteiger partial charge on any atom is -0.497 e. The number of benzene rings is 1. The van der Waals surface area contributed by atoms with Crippen molar-refractivity contribution in [1.29, 1.82) is 0 Å². The standard InChI is InChI=1S/C16H23FN2O3/c1-11(20)13-4-3-5-19(10-13)16(21)18-9-12-6-14(17)8-15(7-12)22-2/h6-8,11,13,20H,3-5,9-10H2,1-2H3,(H,18,21). The highest BCUT2D eigenvalue weighted by molar-refractivity contribution is 5.74. The van der Waals surface area contributed by atoms with Crippen LogP contribution in [-0.4, -0.2) is 42.3 Å². The van der Waals surface area contributed by atoms with Gasteiger partial charge in [-0.1, -0.05) is 0 Å². The molecule has 1 aromatic rings. The van der Waals surface area contributed by atoms with E-state index >= 15 is 0 Å². The van der Waals surface area contributed by atoms with Crippen LogP contribution in [-0.2, 0) is 6.54 Å². The number of nitrogens with one attached hydrogen (secondary N) is 1. The number of methoxy groups -OCH3 is 1. The molecular weight excluding hydrogens is 287 g/mol. The number of piperidine rings is 1. The molecule has 2 amide bonds. The van der Waals surface area contributed by atoms with Crippen molar-refractivity contribution in [2.45, 2.75) is 32.4 Å². The number of hydrogen-bond donors (Lipinski definition) is 2. The van der Waals surface area contributed by atoms with Gasteiger partial charge in [0.25, 0.3) is 0 Å². The first-order chi connectivity index (χ1) is 10.5. The second-order valence-corrected chi connectivity index (χ2v) is 5.75. The van der Waals surface area contributed by atoms with Crippen LogP contribution in [0, 0.1) is 11.7 Å². The molecular formula is C16H23FN2O3. The third-order valence-corrected chi connectivity index (χ3v) is 4.04. The molecule has 22 heavy (non-hydrogen) atoms. The molecule has 1 aliphatic rings. The van der Waals surface area contributed by atoms with Gasteiger partial charge in [0.2, 0.25) is 0 Å². The van der Waals surface area contributed by atoms with E-state index in [1.807, 2.05) is 0 Å². The molecule has 0 saturated carbocycles. The van der Waals surface area contributed by atoms with Crippen LogP contribution in [0.25, 0.3) is 0 Å². The molecule has 0 aromatic heterocycles. The molecule has 0 radical (unpaired) electrons. The lowest BCUT2D eigenvalue weighted by Crippen LogP contribution is -2.47. The monoisotopic (exact) mass is 310 g/mol. The lowest BCUT2D eigenvalue weighted by molar-refractivity contribution is 0.0738. The summed E-state index contributed by atoms with van der Waals surface area (Å²) in [5.74, 6) is 0.154. The van der Waals surface area contributed by atoms with Gasteiger partial charge in [0, 0.05) is 31.6 Å². The van der Waals surface area contributed by atoms with Crippen molar-refractivity contribution in [2.75, 3.05) is 20.2 Å². The molecule has 1 fully saturated rings. The van der Waals surface area contributed by atoms with E-state index in [4.69, 9.17) is 4.74 Å². The number of aliphatic hydroxyl groups excluding tert-OH is 1. The highest BCUT2D eigenvalue weighted by Gasteiger charge is 2.26. The highest BCUT2D eigenvalue weighted by atomic mass is 19.1. The largest absolute Gasteiger partial charge is 0.497 e. The fraction of sp³-hybridized carbons (Fsp3) is 0.562. The van der Waals surface area contributed by atoms with Crippen molar-refractivity contribution >= 4 is 6.03 Å². The van der Waals surface area contributed by atoms with Gasteiger partial charge >= 0.3 is 6.03 Å². The van der Waals surface area contributed by atoms with Crippen molar-refractivity contribution in [3.8, 4) is 5.75 Å². The Morgan fingerprint density at radius 3 is 3.00 bits per heavy atom. The smallest absolute Gasteiger partial charge is 0.317 e. The number of amides is 2. The summed E-state index contributed by atoms with van der Waals surface area (Å²) in [5.41, 5.74) is 0.647. The van der Waals surface area contributed by atoms with Crippen LogP contribution in [0.4, 0.5) is 9.18 Å². The van der Waals surface area contributed by atoms with Crippen molar-refractivity contribution in [1.82, 2.24) is 10.2 Å². The Morgan fingerprint density at radius 1 is 1.55 bits per heavy atom. The van der Waals surface area contributed by atoms with Crippen molar-refractivity contribution in [3.05, 3.63) is 29.6 Å². The van der Waals surface area contributed by atoms with Crippen molar-refractivity contribution < 1.29 is 19.0 Å². The number of rotatable bonds is 4. The number of halogens is 1. The Balaban J connectivity index is 1.91. The van der Waals surface area contributed by atoms with Gasteiger partial charge in [-0.3, -0.25) is 0 Å². The first kappa shape index (κ1) is 16.5. The van der Waals surface area contributed by atoms with Crippen LogP contribution in [0.2, 0.25) is 0 Å². The average molecular weight is 310 g/mol. The van der Waals surface area contributed by atoms with Crippen LogP contribution >= 0.6 is 0 Å². The lowest BCUT2D eigenvalue weighted by atomic mass is 9.94. The molecule has 0 aliphatic carbocycles. The van der Waals surface area contributed by atoms with Crippen LogP contribution in [0.3, 0.4) is 0 Å². The van der Waals surface area contributed by atoms with E-state index in [-0.39, 0.29) is 18.5 Å². The highest BCUT2D eigenvalue weighted by Crippen LogP contribution is 2.20. The van der Waals surface area contributed by atoms with Gasteiger partial charge in [-0.15, -0.1) is 0 Å². The molecule has 2 N–H and O–H groups in total.